The maximum atomic E-state index is 4.69. The van der Waals surface area contributed by atoms with Gasteiger partial charge in [-0.1, -0.05) is 13.8 Å². The van der Waals surface area contributed by atoms with Crippen LogP contribution in [0.3, 0.4) is 0 Å². The molecule has 0 unspecified atom stereocenters. The van der Waals surface area contributed by atoms with Crippen LogP contribution in [0.25, 0.3) is 11.4 Å². The van der Waals surface area contributed by atoms with Gasteiger partial charge in [0.1, 0.15) is 11.6 Å². The third-order valence-corrected chi connectivity index (χ3v) is 3.06. The van der Waals surface area contributed by atoms with Gasteiger partial charge in [-0.3, -0.25) is 0 Å². The molecule has 0 fully saturated rings. The molecule has 4 nitrogen and oxygen atoms in total. The van der Waals surface area contributed by atoms with Crippen LogP contribution in [-0.2, 0) is 6.42 Å². The summed E-state index contributed by atoms with van der Waals surface area (Å²) in [6.45, 7) is 7.32. The van der Waals surface area contributed by atoms with Crippen molar-refractivity contribution in [2.45, 2.75) is 40.0 Å². The summed E-state index contributed by atoms with van der Waals surface area (Å²) in [6, 6.07) is 4.05. The van der Waals surface area contributed by atoms with Crippen molar-refractivity contribution in [3.05, 3.63) is 29.7 Å². The van der Waals surface area contributed by atoms with Gasteiger partial charge in [0.15, 0.2) is 0 Å². The van der Waals surface area contributed by atoms with Crippen molar-refractivity contribution in [2.24, 2.45) is 0 Å². The minimum atomic E-state index is 0.912. The van der Waals surface area contributed by atoms with E-state index in [1.807, 2.05) is 12.3 Å². The maximum absolute atomic E-state index is 4.69. The normalized spacial score (nSPS) is 10.7. The minimum Gasteiger partial charge on any atom is -0.370 e. The molecule has 0 radical (unpaired) electrons. The predicted octanol–water partition coefficient (Wildman–Crippen LogP) is 3.55. The van der Waals surface area contributed by atoms with E-state index in [2.05, 4.69) is 42.1 Å². The Morgan fingerprint density at radius 3 is 2.68 bits per heavy atom. The molecule has 2 N–H and O–H groups in total. The number of aryl methyl sites for hydroxylation is 1. The summed E-state index contributed by atoms with van der Waals surface area (Å²) in [7, 11) is 0. The molecule has 0 amide bonds. The van der Waals surface area contributed by atoms with E-state index in [9.17, 15) is 0 Å². The Bertz CT molecular complexity index is 517. The molecule has 2 aromatic heterocycles. The second-order valence-electron chi connectivity index (χ2n) is 4.72. The van der Waals surface area contributed by atoms with E-state index < -0.39 is 0 Å². The van der Waals surface area contributed by atoms with E-state index in [0.717, 1.165) is 54.4 Å². The Morgan fingerprint density at radius 1 is 1.21 bits per heavy atom. The fraction of sp³-hybridized carbons (Fsp3) is 0.467. The van der Waals surface area contributed by atoms with Crippen molar-refractivity contribution in [1.29, 1.82) is 0 Å². The van der Waals surface area contributed by atoms with Gasteiger partial charge >= 0.3 is 0 Å². The van der Waals surface area contributed by atoms with Crippen molar-refractivity contribution in [3.8, 4) is 11.4 Å². The number of rotatable bonds is 6. The molecule has 0 aliphatic heterocycles. The van der Waals surface area contributed by atoms with Crippen molar-refractivity contribution < 1.29 is 0 Å². The van der Waals surface area contributed by atoms with Crippen molar-refractivity contribution in [1.82, 2.24) is 15.0 Å². The summed E-state index contributed by atoms with van der Waals surface area (Å²) >= 11 is 0. The second kappa shape index (κ2) is 6.36. The summed E-state index contributed by atoms with van der Waals surface area (Å²) in [5.74, 6) is 1.88. The monoisotopic (exact) mass is 258 g/mol. The third kappa shape index (κ3) is 3.13. The lowest BCUT2D eigenvalue weighted by molar-refractivity contribution is 0.829. The van der Waals surface area contributed by atoms with E-state index in [4.69, 9.17) is 4.98 Å². The average molecular weight is 258 g/mol. The number of hydrogen-bond donors (Lipinski definition) is 2. The topological polar surface area (TPSA) is 53.6 Å². The minimum absolute atomic E-state index is 0.912. The van der Waals surface area contributed by atoms with Crippen molar-refractivity contribution in [3.63, 3.8) is 0 Å². The van der Waals surface area contributed by atoms with E-state index in [0.29, 0.717) is 0 Å². The van der Waals surface area contributed by atoms with Crippen LogP contribution in [0.2, 0.25) is 0 Å². The highest BCUT2D eigenvalue weighted by atomic mass is 15.0. The molecule has 0 atom stereocenters. The number of anilines is 1. The first-order valence-electron chi connectivity index (χ1n) is 7.01. The SMILES string of the molecule is CCCNc1nc(CCC)nc(-c2ccc[nH]2)c1C. The van der Waals surface area contributed by atoms with Crippen LogP contribution in [0.4, 0.5) is 5.82 Å². The molecule has 0 spiro atoms. The highest BCUT2D eigenvalue weighted by Crippen LogP contribution is 2.24. The summed E-state index contributed by atoms with van der Waals surface area (Å²) in [4.78, 5) is 12.6. The largest absolute Gasteiger partial charge is 0.370 e. The molecule has 2 aromatic rings. The van der Waals surface area contributed by atoms with Crippen molar-refractivity contribution >= 4 is 5.82 Å². The number of nitrogens with one attached hydrogen (secondary N) is 2. The molecule has 2 rings (SSSR count). The van der Waals surface area contributed by atoms with Crippen LogP contribution in [0.15, 0.2) is 18.3 Å². The first-order valence-corrected chi connectivity index (χ1v) is 7.01. The van der Waals surface area contributed by atoms with Gasteiger partial charge in [-0.25, -0.2) is 9.97 Å². The smallest absolute Gasteiger partial charge is 0.133 e. The number of aromatic nitrogens is 3. The highest BCUT2D eigenvalue weighted by molar-refractivity contribution is 5.65. The average Bonchev–Trinajstić information content (AvgIpc) is 2.93. The van der Waals surface area contributed by atoms with Gasteiger partial charge < -0.3 is 10.3 Å². The summed E-state index contributed by atoms with van der Waals surface area (Å²) < 4.78 is 0. The zero-order chi connectivity index (χ0) is 13.7. The van der Waals surface area contributed by atoms with E-state index in [-0.39, 0.29) is 0 Å². The van der Waals surface area contributed by atoms with Crippen LogP contribution in [0.1, 0.15) is 38.1 Å². The molecule has 0 aromatic carbocycles. The molecular weight excluding hydrogens is 236 g/mol. The number of nitrogens with zero attached hydrogens (tertiary/aromatic N) is 2. The van der Waals surface area contributed by atoms with Gasteiger partial charge in [0.25, 0.3) is 0 Å². The third-order valence-electron chi connectivity index (χ3n) is 3.06. The standard InChI is InChI=1S/C15H22N4/c1-4-7-13-18-14(12-8-6-10-16-12)11(3)15(19-13)17-9-5-2/h6,8,10,16H,4-5,7,9H2,1-3H3,(H,17,18,19). The molecule has 0 bridgehead atoms. The first kappa shape index (κ1) is 13.6. The number of aromatic amines is 1. The summed E-state index contributed by atoms with van der Waals surface area (Å²) in [6.07, 6.45) is 4.98. The van der Waals surface area contributed by atoms with Gasteiger partial charge in [-0.15, -0.1) is 0 Å². The van der Waals surface area contributed by atoms with Gasteiger partial charge in [0.2, 0.25) is 0 Å². The molecule has 19 heavy (non-hydrogen) atoms. The fourth-order valence-electron chi connectivity index (χ4n) is 2.05. The molecule has 0 aliphatic rings. The second-order valence-corrected chi connectivity index (χ2v) is 4.72. The lowest BCUT2D eigenvalue weighted by Crippen LogP contribution is -2.09. The number of H-pyrrole nitrogens is 1. The molecule has 0 saturated carbocycles. The maximum Gasteiger partial charge on any atom is 0.133 e. The Labute approximate surface area is 114 Å². The Hall–Kier alpha value is -1.84. The van der Waals surface area contributed by atoms with Gasteiger partial charge in [-0.05, 0) is 31.9 Å². The zero-order valence-electron chi connectivity index (χ0n) is 12.0. The van der Waals surface area contributed by atoms with Gasteiger partial charge in [0, 0.05) is 24.7 Å². The molecular formula is C15H22N4. The quantitative estimate of drug-likeness (QED) is 0.833. The van der Waals surface area contributed by atoms with Crippen LogP contribution in [0, 0.1) is 6.92 Å². The summed E-state index contributed by atoms with van der Waals surface area (Å²) in [5.41, 5.74) is 3.16. The molecule has 0 saturated heterocycles. The van der Waals surface area contributed by atoms with Crippen LogP contribution in [-0.4, -0.2) is 21.5 Å². The number of hydrogen-bond acceptors (Lipinski definition) is 3. The Balaban J connectivity index is 2.43. The van der Waals surface area contributed by atoms with Crippen LogP contribution < -0.4 is 5.32 Å². The van der Waals surface area contributed by atoms with E-state index >= 15 is 0 Å². The van der Waals surface area contributed by atoms with E-state index in [1.165, 1.54) is 0 Å². The first-order chi connectivity index (χ1) is 9.26. The Kier molecular flexibility index (Phi) is 4.55. The molecule has 4 heteroatoms. The Morgan fingerprint density at radius 2 is 2.05 bits per heavy atom. The molecule has 0 aliphatic carbocycles. The zero-order valence-corrected chi connectivity index (χ0v) is 12.0. The van der Waals surface area contributed by atoms with Gasteiger partial charge in [-0.2, -0.15) is 0 Å². The highest BCUT2D eigenvalue weighted by Gasteiger charge is 2.12. The summed E-state index contributed by atoms with van der Waals surface area (Å²) in [5, 5.41) is 3.40. The predicted molar refractivity (Wildman–Crippen MR) is 79.3 cm³/mol. The van der Waals surface area contributed by atoms with Gasteiger partial charge in [0.05, 0.1) is 11.4 Å². The van der Waals surface area contributed by atoms with E-state index in [1.54, 1.807) is 0 Å². The molecule has 102 valence electrons. The lowest BCUT2D eigenvalue weighted by atomic mass is 10.1. The van der Waals surface area contributed by atoms with Crippen LogP contribution in [0.5, 0.6) is 0 Å². The fourth-order valence-corrected chi connectivity index (χ4v) is 2.05. The van der Waals surface area contributed by atoms with Crippen LogP contribution >= 0.6 is 0 Å². The lowest BCUT2D eigenvalue weighted by Gasteiger charge is -2.13. The van der Waals surface area contributed by atoms with Crippen molar-refractivity contribution in [2.75, 3.05) is 11.9 Å². The molecule has 2 heterocycles.